The summed E-state index contributed by atoms with van der Waals surface area (Å²) >= 11 is 5.37. The molecule has 0 fully saturated rings. The van der Waals surface area contributed by atoms with Gasteiger partial charge in [0.05, 0.1) is 0 Å². The molecule has 0 unspecified atom stereocenters. The van der Waals surface area contributed by atoms with E-state index in [2.05, 4.69) is 9.97 Å². The second-order valence-electron chi connectivity index (χ2n) is 1.98. The van der Waals surface area contributed by atoms with E-state index in [4.69, 9.17) is 23.1 Å². The number of primary amides is 2. The Balaban J connectivity index is 3.26. The van der Waals surface area contributed by atoms with Crippen LogP contribution in [0.4, 0.5) is 0 Å². The van der Waals surface area contributed by atoms with E-state index >= 15 is 0 Å². The number of rotatable bonds is 2. The van der Waals surface area contributed by atoms with Gasteiger partial charge in [-0.15, -0.1) is 0 Å². The highest BCUT2D eigenvalue weighted by Gasteiger charge is 2.17. The van der Waals surface area contributed by atoms with Crippen molar-refractivity contribution < 1.29 is 9.59 Å². The molecule has 0 atom stereocenters. The molecular formula is C5H5ClN4O2. The van der Waals surface area contributed by atoms with Gasteiger partial charge in [-0.3, -0.25) is 9.59 Å². The van der Waals surface area contributed by atoms with E-state index in [-0.39, 0.29) is 16.7 Å². The Labute approximate surface area is 71.9 Å². The third-order valence-electron chi connectivity index (χ3n) is 1.15. The van der Waals surface area contributed by atoms with Crippen LogP contribution >= 0.6 is 11.6 Å². The van der Waals surface area contributed by atoms with Gasteiger partial charge >= 0.3 is 0 Å². The number of nitrogens with two attached hydrogens (primary N) is 2. The van der Waals surface area contributed by atoms with Crippen LogP contribution < -0.4 is 11.5 Å². The summed E-state index contributed by atoms with van der Waals surface area (Å²) in [6.45, 7) is 0. The number of amides is 2. The summed E-state index contributed by atoms with van der Waals surface area (Å²) in [6, 6.07) is 0. The van der Waals surface area contributed by atoms with Crippen LogP contribution in [0.5, 0.6) is 0 Å². The van der Waals surface area contributed by atoms with Crippen molar-refractivity contribution in [1.82, 2.24) is 9.97 Å². The van der Waals surface area contributed by atoms with Crippen molar-refractivity contribution in [1.29, 1.82) is 0 Å². The highest BCUT2D eigenvalue weighted by atomic mass is 35.5. The number of aromatic amines is 1. The Hall–Kier alpha value is -1.56. The van der Waals surface area contributed by atoms with Crippen LogP contribution in [-0.2, 0) is 0 Å². The number of carbonyl (C=O) groups excluding carboxylic acids is 2. The van der Waals surface area contributed by atoms with E-state index < -0.39 is 11.8 Å². The van der Waals surface area contributed by atoms with Crippen LogP contribution in [0.2, 0.25) is 5.28 Å². The molecule has 0 aliphatic rings. The molecule has 7 heteroatoms. The van der Waals surface area contributed by atoms with Crippen molar-refractivity contribution in [3.05, 3.63) is 16.7 Å². The Bertz CT molecular complexity index is 314. The highest BCUT2D eigenvalue weighted by Crippen LogP contribution is 2.08. The number of hydrogen-bond donors (Lipinski definition) is 3. The van der Waals surface area contributed by atoms with Crippen molar-refractivity contribution in [2.75, 3.05) is 0 Å². The minimum absolute atomic E-state index is 0.0994. The minimum Gasteiger partial charge on any atom is -0.364 e. The Morgan fingerprint density at radius 1 is 1.33 bits per heavy atom. The number of nitrogens with one attached hydrogen (secondary N) is 1. The van der Waals surface area contributed by atoms with Gasteiger partial charge in [0.15, 0.2) is 5.69 Å². The standard InChI is InChI=1S/C5H5ClN4O2/c6-5-9-1(3(7)11)2(10-5)4(8)12/h(H2,7,11)(H2,8,12)(H,9,10). The van der Waals surface area contributed by atoms with Crippen LogP contribution in [0.15, 0.2) is 0 Å². The SMILES string of the molecule is NC(=O)c1nc(Cl)[nH]c1C(N)=O. The smallest absolute Gasteiger partial charge is 0.269 e. The summed E-state index contributed by atoms with van der Waals surface area (Å²) in [5, 5.41) is -0.0994. The van der Waals surface area contributed by atoms with Gasteiger partial charge in [-0.25, -0.2) is 4.98 Å². The first-order valence-corrected chi connectivity index (χ1v) is 3.25. The summed E-state index contributed by atoms with van der Waals surface area (Å²) in [5.74, 6) is -1.69. The van der Waals surface area contributed by atoms with E-state index in [0.717, 1.165) is 0 Å². The van der Waals surface area contributed by atoms with Gasteiger partial charge in [-0.2, -0.15) is 0 Å². The molecule has 0 aliphatic carbocycles. The molecular weight excluding hydrogens is 184 g/mol. The predicted molar refractivity (Wildman–Crippen MR) is 40.6 cm³/mol. The lowest BCUT2D eigenvalue weighted by molar-refractivity contribution is 0.0962. The first-order chi connectivity index (χ1) is 5.52. The molecule has 0 radical (unpaired) electrons. The molecule has 1 rings (SSSR count). The topological polar surface area (TPSA) is 115 Å². The molecule has 1 heterocycles. The number of imidazole rings is 1. The lowest BCUT2D eigenvalue weighted by atomic mass is 10.3. The normalized spacial score (nSPS) is 9.75. The number of aromatic nitrogens is 2. The molecule has 0 spiro atoms. The molecule has 1 aromatic heterocycles. The fraction of sp³-hybridized carbons (Fsp3) is 0. The second-order valence-corrected chi connectivity index (χ2v) is 2.34. The average molecular weight is 189 g/mol. The monoisotopic (exact) mass is 188 g/mol. The highest BCUT2D eigenvalue weighted by molar-refractivity contribution is 6.29. The van der Waals surface area contributed by atoms with Crippen molar-refractivity contribution in [3.63, 3.8) is 0 Å². The lowest BCUT2D eigenvalue weighted by Gasteiger charge is -1.90. The summed E-state index contributed by atoms with van der Waals surface area (Å²) in [6.07, 6.45) is 0. The van der Waals surface area contributed by atoms with Gasteiger partial charge in [-0.1, -0.05) is 0 Å². The van der Waals surface area contributed by atoms with Crippen LogP contribution in [0.1, 0.15) is 21.0 Å². The Morgan fingerprint density at radius 2 is 1.92 bits per heavy atom. The molecule has 5 N–H and O–H groups in total. The van der Waals surface area contributed by atoms with E-state index in [1.54, 1.807) is 0 Å². The first-order valence-electron chi connectivity index (χ1n) is 2.87. The molecule has 2 amide bonds. The maximum absolute atomic E-state index is 10.6. The number of halogens is 1. The van der Waals surface area contributed by atoms with Crippen LogP contribution in [0, 0.1) is 0 Å². The summed E-state index contributed by atoms with van der Waals surface area (Å²) in [5.41, 5.74) is 9.35. The zero-order valence-corrected chi connectivity index (χ0v) is 6.55. The zero-order valence-electron chi connectivity index (χ0n) is 5.80. The van der Waals surface area contributed by atoms with Crippen molar-refractivity contribution in [3.8, 4) is 0 Å². The quantitative estimate of drug-likeness (QED) is 0.568. The molecule has 0 bridgehead atoms. The number of hydrogen-bond acceptors (Lipinski definition) is 3. The molecule has 6 nitrogen and oxygen atoms in total. The number of carbonyl (C=O) groups is 2. The molecule has 1 aromatic rings. The fourth-order valence-corrected chi connectivity index (χ4v) is 0.880. The van der Waals surface area contributed by atoms with Gasteiger partial charge in [0.1, 0.15) is 5.69 Å². The summed E-state index contributed by atoms with van der Waals surface area (Å²) in [7, 11) is 0. The van der Waals surface area contributed by atoms with Crippen molar-refractivity contribution in [2.24, 2.45) is 11.5 Å². The van der Waals surface area contributed by atoms with E-state index in [1.165, 1.54) is 0 Å². The number of H-pyrrole nitrogens is 1. The largest absolute Gasteiger partial charge is 0.364 e. The molecule has 0 saturated carbocycles. The lowest BCUT2D eigenvalue weighted by Crippen LogP contribution is -2.20. The second kappa shape index (κ2) is 2.82. The van der Waals surface area contributed by atoms with Crippen LogP contribution in [-0.4, -0.2) is 21.8 Å². The van der Waals surface area contributed by atoms with E-state index in [0.29, 0.717) is 0 Å². The Kier molecular flexibility index (Phi) is 2.01. The molecule has 64 valence electrons. The van der Waals surface area contributed by atoms with Crippen LogP contribution in [0.3, 0.4) is 0 Å². The maximum Gasteiger partial charge on any atom is 0.269 e. The molecule has 0 aromatic carbocycles. The maximum atomic E-state index is 10.6. The minimum atomic E-state index is -0.855. The fourth-order valence-electron chi connectivity index (χ4n) is 0.701. The predicted octanol–water partition coefficient (Wildman–Crippen LogP) is -0.739. The van der Waals surface area contributed by atoms with Gasteiger partial charge in [0, 0.05) is 0 Å². The van der Waals surface area contributed by atoms with Gasteiger partial charge in [0.2, 0.25) is 5.28 Å². The average Bonchev–Trinajstić information content (AvgIpc) is 2.31. The van der Waals surface area contributed by atoms with Gasteiger partial charge < -0.3 is 16.5 Å². The van der Waals surface area contributed by atoms with Gasteiger partial charge in [-0.05, 0) is 11.6 Å². The third kappa shape index (κ3) is 1.37. The van der Waals surface area contributed by atoms with E-state index in [9.17, 15) is 9.59 Å². The van der Waals surface area contributed by atoms with Crippen molar-refractivity contribution in [2.45, 2.75) is 0 Å². The van der Waals surface area contributed by atoms with Gasteiger partial charge in [0.25, 0.3) is 11.8 Å². The Morgan fingerprint density at radius 3 is 2.25 bits per heavy atom. The summed E-state index contributed by atoms with van der Waals surface area (Å²) < 4.78 is 0. The third-order valence-corrected chi connectivity index (χ3v) is 1.33. The van der Waals surface area contributed by atoms with E-state index in [1.807, 2.05) is 0 Å². The molecule has 0 saturated heterocycles. The van der Waals surface area contributed by atoms with Crippen molar-refractivity contribution >= 4 is 23.4 Å². The number of nitrogens with zero attached hydrogens (tertiary/aromatic N) is 1. The zero-order chi connectivity index (χ0) is 9.30. The molecule has 12 heavy (non-hydrogen) atoms. The van der Waals surface area contributed by atoms with Crippen LogP contribution in [0.25, 0.3) is 0 Å². The molecule has 0 aliphatic heterocycles. The summed E-state index contributed by atoms with van der Waals surface area (Å²) in [4.78, 5) is 27.0. The first kappa shape index (κ1) is 8.54.